The van der Waals surface area contributed by atoms with Gasteiger partial charge in [0.05, 0.1) is 46.4 Å². The average Bonchev–Trinajstić information content (AvgIpc) is 3.96. The van der Waals surface area contributed by atoms with Gasteiger partial charge in [0.25, 0.3) is 11.8 Å². The van der Waals surface area contributed by atoms with Crippen molar-refractivity contribution in [2.45, 2.75) is 50.4 Å². The van der Waals surface area contributed by atoms with Crippen molar-refractivity contribution in [1.82, 2.24) is 25.1 Å². The number of halogens is 3. The zero-order valence-electron chi connectivity index (χ0n) is 27.1. The van der Waals surface area contributed by atoms with E-state index in [2.05, 4.69) is 20.5 Å². The van der Waals surface area contributed by atoms with Crippen molar-refractivity contribution in [2.24, 2.45) is 0 Å². The number of aromatic amines is 1. The number of aryl methyl sites for hydroxylation is 2. The molecule has 14 heteroatoms. The van der Waals surface area contributed by atoms with Gasteiger partial charge in [0.15, 0.2) is 11.6 Å². The van der Waals surface area contributed by atoms with Crippen molar-refractivity contribution in [1.29, 1.82) is 0 Å². The topological polar surface area (TPSA) is 126 Å². The number of fused-ring (bicyclic) bond motifs is 5. The normalized spacial score (nSPS) is 19.1. The fourth-order valence-electron chi connectivity index (χ4n) is 7.81. The van der Waals surface area contributed by atoms with E-state index in [4.69, 9.17) is 14.1 Å². The zero-order valence-corrected chi connectivity index (χ0v) is 28.0. The molecule has 9 rings (SSSR count). The van der Waals surface area contributed by atoms with E-state index in [9.17, 15) is 18.4 Å². The van der Waals surface area contributed by atoms with Gasteiger partial charge in [-0.2, -0.15) is 0 Å². The summed E-state index contributed by atoms with van der Waals surface area (Å²) in [6.07, 6.45) is 2.76. The summed E-state index contributed by atoms with van der Waals surface area (Å²) in [7, 11) is 1.36. The number of anilines is 1. The molecule has 0 unspecified atom stereocenters. The van der Waals surface area contributed by atoms with Crippen molar-refractivity contribution < 1.29 is 27.1 Å². The van der Waals surface area contributed by atoms with E-state index in [-0.39, 0.29) is 35.8 Å². The molecule has 258 valence electrons. The number of aromatic nitrogens is 4. The average molecular weight is 711 g/mol. The minimum absolute atomic E-state index is 0.00258. The van der Waals surface area contributed by atoms with E-state index in [0.717, 1.165) is 23.8 Å². The van der Waals surface area contributed by atoms with Crippen LogP contribution in [0.25, 0.3) is 32.0 Å². The zero-order chi connectivity index (χ0) is 35.0. The maximum Gasteiger partial charge on any atom is 0.434 e. The first-order chi connectivity index (χ1) is 24.8. The summed E-state index contributed by atoms with van der Waals surface area (Å²) in [6.45, 7) is 0.601. The summed E-state index contributed by atoms with van der Waals surface area (Å²) in [5.41, 5.74) is 4.61. The van der Waals surface area contributed by atoms with E-state index >= 15 is 4.39 Å². The molecule has 0 radical (unpaired) electrons. The lowest BCUT2D eigenvalue weighted by atomic mass is 9.93. The highest BCUT2D eigenvalue weighted by Gasteiger charge is 2.45. The molecule has 1 saturated heterocycles. The van der Waals surface area contributed by atoms with Crippen molar-refractivity contribution in [3.8, 4) is 27.6 Å². The Morgan fingerprint density at radius 2 is 1.92 bits per heavy atom. The molecule has 1 amide bonds. The molecule has 1 aliphatic carbocycles. The van der Waals surface area contributed by atoms with Crippen LogP contribution in [0.15, 0.2) is 63.9 Å². The molecule has 0 spiro atoms. The van der Waals surface area contributed by atoms with Crippen LogP contribution in [0.4, 0.5) is 19.0 Å². The molecule has 6 heterocycles. The lowest BCUT2D eigenvalue weighted by Gasteiger charge is -2.18. The van der Waals surface area contributed by atoms with Gasteiger partial charge in [-0.15, -0.1) is 16.4 Å². The molecule has 0 saturated carbocycles. The lowest BCUT2D eigenvalue weighted by Crippen LogP contribution is -2.22. The SMILES string of the molecule is COc1c(F)ccc2c1C[C@@H](F)[C@@H]2Nc1nccc2cc(-c3c4c(nc(CCc5ccc(F)cc5)c3-c3n[nH]c(=O)o3)[C@H]3CCCN3C4=O)sc12. The number of thiophene rings is 1. The highest BCUT2D eigenvalue weighted by Crippen LogP contribution is 2.51. The highest BCUT2D eigenvalue weighted by atomic mass is 32.1. The number of H-pyrrole nitrogens is 1. The Labute approximate surface area is 292 Å². The molecular formula is C37H29F3N6O4S. The first-order valence-corrected chi connectivity index (χ1v) is 17.4. The summed E-state index contributed by atoms with van der Waals surface area (Å²) in [5.74, 6) is -1.34. The van der Waals surface area contributed by atoms with Crippen LogP contribution in [-0.2, 0) is 19.3 Å². The molecule has 10 nitrogen and oxygen atoms in total. The Bertz CT molecular complexity index is 2430. The molecule has 3 aliphatic rings. The third-order valence-electron chi connectivity index (χ3n) is 10.1. The second kappa shape index (κ2) is 12.1. The van der Waals surface area contributed by atoms with Crippen molar-refractivity contribution in [3.63, 3.8) is 0 Å². The maximum atomic E-state index is 15.6. The number of nitrogens with zero attached hydrogens (tertiary/aromatic N) is 4. The van der Waals surface area contributed by atoms with Crippen LogP contribution in [0.3, 0.4) is 0 Å². The van der Waals surface area contributed by atoms with E-state index in [0.29, 0.717) is 74.0 Å². The summed E-state index contributed by atoms with van der Waals surface area (Å²) in [5, 5.41) is 10.6. The summed E-state index contributed by atoms with van der Waals surface area (Å²) >= 11 is 1.36. The predicted octanol–water partition coefficient (Wildman–Crippen LogP) is 7.11. The number of rotatable bonds is 8. The monoisotopic (exact) mass is 710 g/mol. The second-order valence-corrected chi connectivity index (χ2v) is 14.0. The molecule has 1 fully saturated rings. The Morgan fingerprint density at radius 3 is 2.71 bits per heavy atom. The Kier molecular flexibility index (Phi) is 7.45. The van der Waals surface area contributed by atoms with Gasteiger partial charge in [0.2, 0.25) is 0 Å². The standard InChI is InChI=1S/C37H29F3N6O4S/c1-49-32-21-16-23(40)30(20(21)9-10-22(32)39)43-34-33-18(12-13-41-34)15-26(51-33)28-27(35-44-45-37(48)50-35)24(11-6-17-4-7-19(38)8-5-17)42-31-25-3-2-14-46(25)36(47)29(28)31/h4-5,7-10,12-13,15,23,25,30H,2-3,6,11,14,16H2,1H3,(H,41,43)(H,45,48)/t23-,25-,30-/m1/s1. The minimum Gasteiger partial charge on any atom is -0.493 e. The predicted molar refractivity (Wildman–Crippen MR) is 184 cm³/mol. The number of amides is 1. The third kappa shape index (κ3) is 5.10. The van der Waals surface area contributed by atoms with Crippen LogP contribution in [0.2, 0.25) is 0 Å². The molecule has 0 bridgehead atoms. The van der Waals surface area contributed by atoms with Gasteiger partial charge in [0, 0.05) is 35.2 Å². The molecule has 6 aromatic rings. The summed E-state index contributed by atoms with van der Waals surface area (Å²) < 4.78 is 55.3. The number of carbonyl (C=O) groups is 1. The van der Waals surface area contributed by atoms with Crippen molar-refractivity contribution in [3.05, 3.63) is 111 Å². The van der Waals surface area contributed by atoms with Crippen LogP contribution in [-0.4, -0.2) is 50.8 Å². The van der Waals surface area contributed by atoms with Crippen molar-refractivity contribution >= 4 is 33.1 Å². The molecule has 51 heavy (non-hydrogen) atoms. The van der Waals surface area contributed by atoms with E-state index in [1.54, 1.807) is 24.4 Å². The number of hydrogen-bond acceptors (Lipinski definition) is 9. The molecule has 2 aromatic carbocycles. The number of benzene rings is 2. The van der Waals surface area contributed by atoms with Gasteiger partial charge in [-0.3, -0.25) is 9.78 Å². The molecular weight excluding hydrogens is 682 g/mol. The number of pyridine rings is 2. The number of alkyl halides is 1. The van der Waals surface area contributed by atoms with E-state index in [1.807, 2.05) is 17.0 Å². The highest BCUT2D eigenvalue weighted by molar-refractivity contribution is 7.23. The minimum atomic E-state index is -1.36. The molecule has 2 N–H and O–H groups in total. The first-order valence-electron chi connectivity index (χ1n) is 16.6. The number of ether oxygens (including phenoxy) is 1. The van der Waals surface area contributed by atoms with E-state index < -0.39 is 23.8 Å². The van der Waals surface area contributed by atoms with Crippen LogP contribution in [0, 0.1) is 11.6 Å². The number of hydrogen-bond donors (Lipinski definition) is 2. The van der Waals surface area contributed by atoms with Crippen LogP contribution in [0.5, 0.6) is 5.75 Å². The van der Waals surface area contributed by atoms with Crippen LogP contribution < -0.4 is 15.8 Å². The summed E-state index contributed by atoms with van der Waals surface area (Å²) in [4.78, 5) is 38.7. The maximum absolute atomic E-state index is 15.6. The van der Waals surface area contributed by atoms with Gasteiger partial charge >= 0.3 is 5.76 Å². The second-order valence-electron chi connectivity index (χ2n) is 12.9. The lowest BCUT2D eigenvalue weighted by molar-refractivity contribution is 0.0776. The van der Waals surface area contributed by atoms with Gasteiger partial charge in [-0.05, 0) is 72.5 Å². The van der Waals surface area contributed by atoms with E-state index in [1.165, 1.54) is 36.6 Å². The van der Waals surface area contributed by atoms with Gasteiger partial charge in [-0.1, -0.05) is 18.2 Å². The smallest absolute Gasteiger partial charge is 0.434 e. The van der Waals surface area contributed by atoms with Crippen molar-refractivity contribution in [2.75, 3.05) is 19.0 Å². The van der Waals surface area contributed by atoms with Crippen LogP contribution in [0.1, 0.15) is 63.4 Å². The fraction of sp³-hybridized carbons (Fsp3) is 0.270. The third-order valence-corrected chi connectivity index (χ3v) is 11.3. The Morgan fingerprint density at radius 1 is 1.08 bits per heavy atom. The summed E-state index contributed by atoms with van der Waals surface area (Å²) in [6, 6.07) is 11.9. The van der Waals surface area contributed by atoms with Gasteiger partial charge in [-0.25, -0.2) is 28.0 Å². The van der Waals surface area contributed by atoms with Gasteiger partial charge < -0.3 is 19.4 Å². The van der Waals surface area contributed by atoms with Gasteiger partial charge in [0.1, 0.15) is 17.8 Å². The molecule has 3 atom stereocenters. The first kappa shape index (κ1) is 31.5. The number of methoxy groups -OCH3 is 1. The van der Waals surface area contributed by atoms with Crippen LogP contribution >= 0.6 is 11.3 Å². The quantitative estimate of drug-likeness (QED) is 0.171. The fourth-order valence-corrected chi connectivity index (χ4v) is 8.97. The Balaban J connectivity index is 1.20. The largest absolute Gasteiger partial charge is 0.493 e. The number of nitrogens with one attached hydrogen (secondary N) is 2. The Hall–Kier alpha value is -5.50. The molecule has 2 aliphatic heterocycles. The molecule has 4 aromatic heterocycles. The number of carbonyl (C=O) groups excluding carboxylic acids is 1.